The van der Waals surface area contributed by atoms with Crippen molar-refractivity contribution in [3.05, 3.63) is 11.7 Å². The van der Waals surface area contributed by atoms with Gasteiger partial charge in [-0.05, 0) is 25.9 Å². The minimum atomic E-state index is -0.0465. The Kier molecular flexibility index (Phi) is 4.10. The van der Waals surface area contributed by atoms with Gasteiger partial charge in [-0.25, -0.2) is 0 Å². The third-order valence-electron chi connectivity index (χ3n) is 3.95. The molecule has 2 aliphatic heterocycles. The molecule has 6 nitrogen and oxygen atoms in total. The van der Waals surface area contributed by atoms with E-state index in [1.807, 2.05) is 0 Å². The monoisotopic (exact) mass is 266 g/mol. The molecule has 1 N–H and O–H groups in total. The molecule has 0 amide bonds. The minimum Gasteiger partial charge on any atom is -0.367 e. The first-order valence-corrected chi connectivity index (χ1v) is 7.27. The van der Waals surface area contributed by atoms with Gasteiger partial charge in [0.25, 0.3) is 0 Å². The molecule has 0 saturated carbocycles. The van der Waals surface area contributed by atoms with E-state index in [0.29, 0.717) is 11.7 Å². The van der Waals surface area contributed by atoms with E-state index in [0.717, 1.165) is 39.2 Å². The van der Waals surface area contributed by atoms with Crippen LogP contribution in [0.1, 0.15) is 50.0 Å². The standard InChI is InChI=1S/C13H22N4O2/c1-2-17-7-8-18-11(9-17)12-15-13(19-16-12)10-5-3-4-6-14-10/h10-11,14H,2-9H2,1H3/t10-,11?/m1/s1. The Morgan fingerprint density at radius 1 is 1.42 bits per heavy atom. The van der Waals surface area contributed by atoms with Gasteiger partial charge in [0.2, 0.25) is 11.7 Å². The predicted molar refractivity (Wildman–Crippen MR) is 69.7 cm³/mol. The third-order valence-corrected chi connectivity index (χ3v) is 3.95. The second-order valence-electron chi connectivity index (χ2n) is 5.25. The second-order valence-corrected chi connectivity index (χ2v) is 5.25. The molecule has 2 atom stereocenters. The summed E-state index contributed by atoms with van der Waals surface area (Å²) in [5, 5.41) is 7.53. The number of nitrogens with one attached hydrogen (secondary N) is 1. The van der Waals surface area contributed by atoms with Crippen LogP contribution in [0.2, 0.25) is 0 Å². The Bertz CT molecular complexity index is 403. The molecule has 3 heterocycles. The Morgan fingerprint density at radius 2 is 2.37 bits per heavy atom. The van der Waals surface area contributed by atoms with E-state index in [4.69, 9.17) is 9.26 Å². The first-order chi connectivity index (χ1) is 9.36. The maximum atomic E-state index is 5.75. The fraction of sp³-hybridized carbons (Fsp3) is 0.846. The van der Waals surface area contributed by atoms with Crippen molar-refractivity contribution in [2.24, 2.45) is 0 Å². The lowest BCUT2D eigenvalue weighted by molar-refractivity contribution is -0.0334. The number of piperidine rings is 1. The smallest absolute Gasteiger partial charge is 0.243 e. The van der Waals surface area contributed by atoms with E-state index in [1.165, 1.54) is 12.8 Å². The minimum absolute atomic E-state index is 0.0465. The summed E-state index contributed by atoms with van der Waals surface area (Å²) in [4.78, 5) is 6.88. The third kappa shape index (κ3) is 2.96. The number of ether oxygens (including phenoxy) is 1. The first-order valence-electron chi connectivity index (χ1n) is 7.27. The van der Waals surface area contributed by atoms with E-state index in [2.05, 4.69) is 27.3 Å². The van der Waals surface area contributed by atoms with Crippen molar-refractivity contribution < 1.29 is 9.26 Å². The molecular weight excluding hydrogens is 244 g/mol. The van der Waals surface area contributed by atoms with E-state index in [-0.39, 0.29) is 12.1 Å². The Hall–Kier alpha value is -0.980. The normalized spacial score (nSPS) is 29.5. The number of aromatic nitrogens is 2. The highest BCUT2D eigenvalue weighted by molar-refractivity contribution is 4.98. The highest BCUT2D eigenvalue weighted by Gasteiger charge is 2.27. The van der Waals surface area contributed by atoms with Gasteiger partial charge < -0.3 is 14.6 Å². The van der Waals surface area contributed by atoms with E-state index in [9.17, 15) is 0 Å². The van der Waals surface area contributed by atoms with Gasteiger partial charge in [0.15, 0.2) is 0 Å². The number of likely N-dealkylation sites (N-methyl/N-ethyl adjacent to an activating group) is 1. The van der Waals surface area contributed by atoms with Crippen molar-refractivity contribution in [2.45, 2.75) is 38.3 Å². The number of hydrogen-bond donors (Lipinski definition) is 1. The van der Waals surface area contributed by atoms with Gasteiger partial charge in [-0.1, -0.05) is 18.5 Å². The van der Waals surface area contributed by atoms with Crippen LogP contribution in [0.4, 0.5) is 0 Å². The Balaban J connectivity index is 1.66. The maximum Gasteiger partial charge on any atom is 0.243 e. The van der Waals surface area contributed by atoms with Crippen molar-refractivity contribution in [1.29, 1.82) is 0 Å². The van der Waals surface area contributed by atoms with Gasteiger partial charge in [-0.15, -0.1) is 0 Å². The predicted octanol–water partition coefficient (Wildman–Crippen LogP) is 1.28. The summed E-state index contributed by atoms with van der Waals surface area (Å²) in [6.07, 6.45) is 3.48. The Labute approximate surface area is 113 Å². The zero-order valence-corrected chi connectivity index (χ0v) is 11.5. The largest absolute Gasteiger partial charge is 0.367 e. The molecule has 3 rings (SSSR count). The molecule has 1 aromatic heterocycles. The van der Waals surface area contributed by atoms with Crippen molar-refractivity contribution in [3.63, 3.8) is 0 Å². The maximum absolute atomic E-state index is 5.75. The lowest BCUT2D eigenvalue weighted by Crippen LogP contribution is -2.38. The van der Waals surface area contributed by atoms with Crippen molar-refractivity contribution >= 4 is 0 Å². The summed E-state index contributed by atoms with van der Waals surface area (Å²) in [5.41, 5.74) is 0. The lowest BCUT2D eigenvalue weighted by Gasteiger charge is -2.30. The van der Waals surface area contributed by atoms with Crippen LogP contribution < -0.4 is 5.32 Å². The second kappa shape index (κ2) is 5.98. The number of hydrogen-bond acceptors (Lipinski definition) is 6. The van der Waals surface area contributed by atoms with Gasteiger partial charge >= 0.3 is 0 Å². The summed E-state index contributed by atoms with van der Waals surface area (Å²) in [7, 11) is 0. The van der Waals surface area contributed by atoms with E-state index >= 15 is 0 Å². The number of rotatable bonds is 3. The average Bonchev–Trinajstić information content (AvgIpc) is 2.98. The lowest BCUT2D eigenvalue weighted by atomic mass is 10.1. The van der Waals surface area contributed by atoms with Crippen LogP contribution in [0, 0.1) is 0 Å². The van der Waals surface area contributed by atoms with Crippen LogP contribution >= 0.6 is 0 Å². The van der Waals surface area contributed by atoms with E-state index in [1.54, 1.807) is 0 Å². The highest BCUT2D eigenvalue weighted by Crippen LogP contribution is 2.24. The molecule has 2 fully saturated rings. The molecule has 106 valence electrons. The molecule has 0 aromatic carbocycles. The SMILES string of the molecule is CCN1CCOC(c2noc([C@H]3CCCCN3)n2)C1. The van der Waals surface area contributed by atoms with Crippen molar-refractivity contribution in [3.8, 4) is 0 Å². The summed E-state index contributed by atoms with van der Waals surface area (Å²) >= 11 is 0. The molecule has 1 aromatic rings. The summed E-state index contributed by atoms with van der Waals surface area (Å²) in [6, 6.07) is 0.223. The van der Waals surface area contributed by atoms with Gasteiger partial charge in [0, 0.05) is 13.1 Å². The summed E-state index contributed by atoms with van der Waals surface area (Å²) in [5.74, 6) is 1.41. The topological polar surface area (TPSA) is 63.4 Å². The molecule has 0 radical (unpaired) electrons. The first kappa shape index (κ1) is 13.0. The zero-order valence-electron chi connectivity index (χ0n) is 11.5. The number of nitrogens with zero attached hydrogens (tertiary/aromatic N) is 3. The van der Waals surface area contributed by atoms with Crippen LogP contribution in [0.3, 0.4) is 0 Å². The quantitative estimate of drug-likeness (QED) is 0.889. The van der Waals surface area contributed by atoms with Gasteiger partial charge in [0.05, 0.1) is 12.6 Å². The molecule has 6 heteroatoms. The molecule has 0 aliphatic carbocycles. The molecule has 1 unspecified atom stereocenters. The fourth-order valence-electron chi connectivity index (χ4n) is 2.73. The molecule has 0 spiro atoms. The van der Waals surface area contributed by atoms with Gasteiger partial charge in [0.1, 0.15) is 6.10 Å². The van der Waals surface area contributed by atoms with Crippen LogP contribution in [-0.4, -0.2) is 47.8 Å². The van der Waals surface area contributed by atoms with Crippen LogP contribution in [0.5, 0.6) is 0 Å². The van der Waals surface area contributed by atoms with Crippen LogP contribution in [0.15, 0.2) is 4.52 Å². The van der Waals surface area contributed by atoms with Crippen molar-refractivity contribution in [1.82, 2.24) is 20.4 Å². The van der Waals surface area contributed by atoms with Gasteiger partial charge in [-0.2, -0.15) is 4.98 Å². The molecule has 0 bridgehead atoms. The molecular formula is C13H22N4O2. The summed E-state index contributed by atoms with van der Waals surface area (Å²) in [6.45, 7) is 6.82. The Morgan fingerprint density at radius 3 is 3.16 bits per heavy atom. The molecule has 2 saturated heterocycles. The number of morpholine rings is 1. The summed E-state index contributed by atoms with van der Waals surface area (Å²) < 4.78 is 11.2. The highest BCUT2D eigenvalue weighted by atomic mass is 16.5. The molecule has 19 heavy (non-hydrogen) atoms. The fourth-order valence-corrected chi connectivity index (χ4v) is 2.73. The van der Waals surface area contributed by atoms with Crippen LogP contribution in [-0.2, 0) is 4.74 Å². The zero-order chi connectivity index (χ0) is 13.1. The van der Waals surface area contributed by atoms with E-state index < -0.39 is 0 Å². The van der Waals surface area contributed by atoms with Crippen molar-refractivity contribution in [2.75, 3.05) is 32.8 Å². The average molecular weight is 266 g/mol. The van der Waals surface area contributed by atoms with Gasteiger partial charge in [-0.3, -0.25) is 4.90 Å². The van der Waals surface area contributed by atoms with Crippen LogP contribution in [0.25, 0.3) is 0 Å². The molecule has 2 aliphatic rings.